The van der Waals surface area contributed by atoms with Gasteiger partial charge in [-0.2, -0.15) is 0 Å². The maximum atomic E-state index is 12.9. The first-order chi connectivity index (χ1) is 16.6. The highest BCUT2D eigenvalue weighted by molar-refractivity contribution is 6.30. The third-order valence-corrected chi connectivity index (χ3v) is 6.26. The molecule has 1 fully saturated rings. The lowest BCUT2D eigenvalue weighted by atomic mass is 9.98. The first-order valence-electron chi connectivity index (χ1n) is 10.7. The van der Waals surface area contributed by atoms with Gasteiger partial charge in [0.2, 0.25) is 5.91 Å². The number of hydrogen-bond acceptors (Lipinski definition) is 6. The second kappa shape index (κ2) is 9.15. The van der Waals surface area contributed by atoms with Crippen molar-refractivity contribution >= 4 is 23.2 Å². The van der Waals surface area contributed by atoms with Gasteiger partial charge in [-0.05, 0) is 75.9 Å². The second-order valence-electron chi connectivity index (χ2n) is 8.07. The Morgan fingerprint density at radius 3 is 2.50 bits per heavy atom. The first kappa shape index (κ1) is 21.9. The zero-order valence-electron chi connectivity index (χ0n) is 18.6. The Hall–Kier alpha value is -3.91. The Morgan fingerprint density at radius 1 is 1.00 bits per heavy atom. The molecule has 0 saturated heterocycles. The third-order valence-electron chi connectivity index (χ3n) is 6.01. The number of carbonyl (C=O) groups is 1. The minimum atomic E-state index is -0.0675. The highest BCUT2D eigenvalue weighted by Crippen LogP contribution is 2.48. The van der Waals surface area contributed by atoms with Gasteiger partial charge in [0.1, 0.15) is 0 Å². The number of hydrogen-bond donors (Lipinski definition) is 2. The molecule has 1 aliphatic rings. The normalized spacial score (nSPS) is 16.7. The van der Waals surface area contributed by atoms with E-state index in [9.17, 15) is 4.79 Å². The van der Waals surface area contributed by atoms with E-state index in [1.165, 1.54) is 0 Å². The summed E-state index contributed by atoms with van der Waals surface area (Å²) >= 11 is 5.98. The molecule has 1 aliphatic carbocycles. The Morgan fingerprint density at radius 2 is 1.79 bits per heavy atom. The monoisotopic (exact) mass is 475 g/mol. The molecule has 3 aromatic carbocycles. The first-order valence-corrected chi connectivity index (χ1v) is 11.1. The molecule has 172 valence electrons. The summed E-state index contributed by atoms with van der Waals surface area (Å²) in [5.41, 5.74) is 4.32. The van der Waals surface area contributed by atoms with E-state index < -0.39 is 0 Å². The Labute approximate surface area is 201 Å². The van der Waals surface area contributed by atoms with Crippen LogP contribution in [0.4, 0.5) is 5.69 Å². The van der Waals surface area contributed by atoms with Crippen molar-refractivity contribution in [2.24, 2.45) is 5.92 Å². The number of ether oxygens (including phenoxy) is 2. The molecule has 1 saturated carbocycles. The molecular weight excluding hydrogens is 454 g/mol. The van der Waals surface area contributed by atoms with Gasteiger partial charge in [0, 0.05) is 22.2 Å². The number of nitrogens with zero attached hydrogens (tertiary/aromatic N) is 3. The van der Waals surface area contributed by atoms with Gasteiger partial charge in [0.15, 0.2) is 17.3 Å². The molecule has 1 aromatic heterocycles. The number of amides is 1. The molecule has 0 aliphatic heterocycles. The van der Waals surface area contributed by atoms with Crippen molar-refractivity contribution in [1.82, 2.24) is 20.6 Å². The number of tetrazole rings is 1. The van der Waals surface area contributed by atoms with Crippen LogP contribution in [0.2, 0.25) is 5.02 Å². The van der Waals surface area contributed by atoms with Gasteiger partial charge >= 0.3 is 0 Å². The summed E-state index contributed by atoms with van der Waals surface area (Å²) in [7, 11) is 3.19. The molecule has 8 nitrogen and oxygen atoms in total. The van der Waals surface area contributed by atoms with Crippen molar-refractivity contribution in [3.05, 3.63) is 71.2 Å². The summed E-state index contributed by atoms with van der Waals surface area (Å²) in [6.07, 6.45) is 0.816. The number of nitrogens with one attached hydrogen (secondary N) is 2. The quantitative estimate of drug-likeness (QED) is 0.392. The number of halogens is 1. The van der Waals surface area contributed by atoms with Gasteiger partial charge in [-0.25, -0.2) is 5.10 Å². The van der Waals surface area contributed by atoms with Gasteiger partial charge in [-0.3, -0.25) is 4.79 Å². The number of benzene rings is 3. The maximum absolute atomic E-state index is 12.9. The average molecular weight is 476 g/mol. The van der Waals surface area contributed by atoms with E-state index in [-0.39, 0.29) is 17.7 Å². The summed E-state index contributed by atoms with van der Waals surface area (Å²) in [5.74, 6) is 1.87. The lowest BCUT2D eigenvalue weighted by Gasteiger charge is -2.13. The molecule has 1 amide bonds. The molecule has 0 radical (unpaired) electrons. The molecule has 4 aromatic rings. The van der Waals surface area contributed by atoms with E-state index in [2.05, 4.69) is 25.9 Å². The van der Waals surface area contributed by atoms with Crippen LogP contribution < -0.4 is 14.8 Å². The number of carbonyl (C=O) groups excluding carboxylic acids is 1. The summed E-state index contributed by atoms with van der Waals surface area (Å²) < 4.78 is 10.8. The van der Waals surface area contributed by atoms with Crippen LogP contribution in [0.1, 0.15) is 17.9 Å². The molecule has 2 atom stereocenters. The fourth-order valence-corrected chi connectivity index (χ4v) is 4.27. The van der Waals surface area contributed by atoms with E-state index in [0.717, 1.165) is 28.7 Å². The highest BCUT2D eigenvalue weighted by atomic mass is 35.5. The average Bonchev–Trinajstić information content (AvgIpc) is 3.48. The van der Waals surface area contributed by atoms with E-state index in [1.807, 2.05) is 60.7 Å². The molecule has 0 bridgehead atoms. The fourth-order valence-electron chi connectivity index (χ4n) is 4.14. The zero-order valence-corrected chi connectivity index (χ0v) is 19.3. The second-order valence-corrected chi connectivity index (χ2v) is 8.51. The maximum Gasteiger partial charge on any atom is 0.228 e. The Bertz CT molecular complexity index is 1330. The predicted octanol–water partition coefficient (Wildman–Crippen LogP) is 4.95. The molecule has 0 unspecified atom stereocenters. The lowest BCUT2D eigenvalue weighted by Crippen LogP contribution is -2.14. The zero-order chi connectivity index (χ0) is 23.7. The number of rotatable bonds is 7. The molecule has 1 heterocycles. The van der Waals surface area contributed by atoms with Crippen LogP contribution in [-0.4, -0.2) is 40.8 Å². The minimum absolute atomic E-state index is 0.0135. The van der Waals surface area contributed by atoms with Crippen LogP contribution in [0.25, 0.3) is 22.5 Å². The molecule has 5 rings (SSSR count). The van der Waals surface area contributed by atoms with Crippen molar-refractivity contribution in [2.45, 2.75) is 12.3 Å². The van der Waals surface area contributed by atoms with Crippen LogP contribution in [-0.2, 0) is 4.79 Å². The smallest absolute Gasteiger partial charge is 0.228 e. The van der Waals surface area contributed by atoms with E-state index >= 15 is 0 Å². The molecular formula is C25H22ClN5O3. The van der Waals surface area contributed by atoms with Gasteiger partial charge < -0.3 is 14.8 Å². The SMILES string of the molecule is COc1ccc(-c2ccc(NC(=O)[C@@H]3C[C@H]3c3ccc(Cl)cc3)cc2-c2nnn[nH]2)cc1OC. The number of aromatic nitrogens is 4. The third kappa shape index (κ3) is 4.32. The van der Waals surface area contributed by atoms with Gasteiger partial charge in [-0.15, -0.1) is 5.10 Å². The summed E-state index contributed by atoms with van der Waals surface area (Å²) in [5, 5.41) is 18.0. The van der Waals surface area contributed by atoms with Crippen molar-refractivity contribution in [1.29, 1.82) is 0 Å². The van der Waals surface area contributed by atoms with Crippen LogP contribution >= 0.6 is 11.6 Å². The molecule has 9 heteroatoms. The van der Waals surface area contributed by atoms with E-state index in [4.69, 9.17) is 21.1 Å². The number of aromatic amines is 1. The molecule has 2 N–H and O–H groups in total. The number of H-pyrrole nitrogens is 1. The van der Waals surface area contributed by atoms with Crippen molar-refractivity contribution in [2.75, 3.05) is 19.5 Å². The predicted molar refractivity (Wildman–Crippen MR) is 129 cm³/mol. The Kier molecular flexibility index (Phi) is 5.90. The highest BCUT2D eigenvalue weighted by Gasteiger charge is 2.43. The number of anilines is 1. The largest absolute Gasteiger partial charge is 0.493 e. The topological polar surface area (TPSA) is 102 Å². The molecule has 0 spiro atoms. The van der Waals surface area contributed by atoms with Crippen molar-refractivity contribution in [3.8, 4) is 34.0 Å². The summed E-state index contributed by atoms with van der Waals surface area (Å²) in [6, 6.07) is 19.0. The number of methoxy groups -OCH3 is 2. The van der Waals surface area contributed by atoms with Crippen molar-refractivity contribution < 1.29 is 14.3 Å². The van der Waals surface area contributed by atoms with Gasteiger partial charge in [0.25, 0.3) is 0 Å². The van der Waals surface area contributed by atoms with Crippen molar-refractivity contribution in [3.63, 3.8) is 0 Å². The van der Waals surface area contributed by atoms with Crippen LogP contribution in [0.3, 0.4) is 0 Å². The minimum Gasteiger partial charge on any atom is -0.493 e. The lowest BCUT2D eigenvalue weighted by molar-refractivity contribution is -0.117. The molecule has 34 heavy (non-hydrogen) atoms. The Balaban J connectivity index is 1.41. The van der Waals surface area contributed by atoms with Gasteiger partial charge in [-0.1, -0.05) is 35.9 Å². The van der Waals surface area contributed by atoms with Crippen LogP contribution in [0.15, 0.2) is 60.7 Å². The summed E-state index contributed by atoms with van der Waals surface area (Å²) in [4.78, 5) is 12.9. The standard InChI is InChI=1S/C25H22ClN5O3/c1-33-22-10-5-15(11-23(22)34-2)18-9-8-17(12-20(18)24-28-30-31-29-24)27-25(32)21-13-19(21)14-3-6-16(26)7-4-14/h3-12,19,21H,13H2,1-2H3,(H,27,32)(H,28,29,30,31)/t19-,21+/m0/s1. The van der Waals surface area contributed by atoms with Gasteiger partial charge in [0.05, 0.1) is 14.2 Å². The van der Waals surface area contributed by atoms with Crippen LogP contribution in [0, 0.1) is 5.92 Å². The fraction of sp³-hybridized carbons (Fsp3) is 0.200. The summed E-state index contributed by atoms with van der Waals surface area (Å²) in [6.45, 7) is 0. The van der Waals surface area contributed by atoms with E-state index in [0.29, 0.717) is 28.0 Å². The van der Waals surface area contributed by atoms with E-state index in [1.54, 1.807) is 14.2 Å². The van der Waals surface area contributed by atoms with Crippen LogP contribution in [0.5, 0.6) is 11.5 Å².